The summed E-state index contributed by atoms with van der Waals surface area (Å²) in [6, 6.07) is 11.3. The Bertz CT molecular complexity index is 818. The van der Waals surface area contributed by atoms with Gasteiger partial charge in [-0.1, -0.05) is 0 Å². The van der Waals surface area contributed by atoms with Gasteiger partial charge in [-0.3, -0.25) is 0 Å². The molecule has 0 amide bonds. The van der Waals surface area contributed by atoms with Crippen molar-refractivity contribution in [2.24, 2.45) is 0 Å². The van der Waals surface area contributed by atoms with Crippen LogP contribution >= 0.6 is 11.8 Å². The number of thioether (sulfide) groups is 1. The van der Waals surface area contributed by atoms with Gasteiger partial charge in [0, 0.05) is 0 Å². The fourth-order valence-corrected chi connectivity index (χ4v) is 16.1. The van der Waals surface area contributed by atoms with Crippen molar-refractivity contribution in [1.29, 1.82) is 0 Å². The number of hydrogen-bond acceptors (Lipinski definition) is 3. The molecule has 3 aliphatic heterocycles. The molecule has 5 rings (SSSR count). The molecule has 1 fully saturated rings. The van der Waals surface area contributed by atoms with Gasteiger partial charge in [0.25, 0.3) is 0 Å². The minimum atomic E-state index is -2.02. The van der Waals surface area contributed by atoms with Gasteiger partial charge in [-0.2, -0.15) is 0 Å². The Kier molecular flexibility index (Phi) is 3.15. The van der Waals surface area contributed by atoms with Crippen molar-refractivity contribution in [2.45, 2.75) is 6.42 Å². The Morgan fingerprint density at radius 3 is 2.86 bits per heavy atom. The fourth-order valence-electron chi connectivity index (χ4n) is 3.94. The van der Waals surface area contributed by atoms with Crippen molar-refractivity contribution in [3.8, 4) is 0 Å². The normalized spacial score (nSPS) is 21.3. The van der Waals surface area contributed by atoms with Crippen LogP contribution in [-0.4, -0.2) is 38.1 Å². The molecule has 3 aliphatic rings. The van der Waals surface area contributed by atoms with E-state index in [0.717, 1.165) is 12.3 Å². The summed E-state index contributed by atoms with van der Waals surface area (Å²) in [5, 5.41) is 3.64. The van der Waals surface area contributed by atoms with Crippen LogP contribution < -0.4 is 8.64 Å². The number of nitrogens with zero attached hydrogens (tertiary/aromatic N) is 1. The SMILES string of the molecule is C1=[C](Cc2ccncc2)[In]2/[C](=C3/CSCN3)c3ccc[c]2c31. The molecule has 0 radical (unpaired) electrons. The third kappa shape index (κ3) is 1.93. The van der Waals surface area contributed by atoms with Crippen molar-refractivity contribution in [2.75, 3.05) is 11.6 Å². The van der Waals surface area contributed by atoms with Crippen LogP contribution in [0.3, 0.4) is 0 Å². The Hall–Kier alpha value is -1.13. The molecule has 1 aromatic carbocycles. The van der Waals surface area contributed by atoms with E-state index < -0.39 is 21.4 Å². The number of allylic oxidation sites excluding steroid dienone is 1. The van der Waals surface area contributed by atoms with E-state index in [1.54, 1.807) is 21.1 Å². The van der Waals surface area contributed by atoms with E-state index in [1.165, 1.54) is 17.0 Å². The maximum absolute atomic E-state index is 4.14. The molecule has 0 spiro atoms. The average molecular weight is 406 g/mol. The van der Waals surface area contributed by atoms with Gasteiger partial charge < -0.3 is 0 Å². The summed E-state index contributed by atoms with van der Waals surface area (Å²) in [6.45, 7) is 0. The average Bonchev–Trinajstić information content (AvgIpc) is 3.22. The predicted molar refractivity (Wildman–Crippen MR) is 95.1 cm³/mol. The zero-order valence-corrected chi connectivity index (χ0v) is 16.3. The van der Waals surface area contributed by atoms with E-state index in [2.05, 4.69) is 46.7 Å². The zero-order valence-electron chi connectivity index (χ0n) is 12.2. The predicted octanol–water partition coefficient (Wildman–Crippen LogP) is 2.52. The van der Waals surface area contributed by atoms with E-state index in [-0.39, 0.29) is 0 Å². The van der Waals surface area contributed by atoms with Gasteiger partial charge in [0.05, 0.1) is 0 Å². The van der Waals surface area contributed by atoms with Gasteiger partial charge in [0.15, 0.2) is 0 Å². The summed E-state index contributed by atoms with van der Waals surface area (Å²) in [7, 11) is 0. The van der Waals surface area contributed by atoms with Crippen molar-refractivity contribution in [3.05, 3.63) is 68.4 Å². The summed E-state index contributed by atoms with van der Waals surface area (Å²) in [5.41, 5.74) is 6.03. The van der Waals surface area contributed by atoms with E-state index in [1.807, 2.05) is 24.2 Å². The topological polar surface area (TPSA) is 24.9 Å². The summed E-state index contributed by atoms with van der Waals surface area (Å²) in [4.78, 5) is 4.14. The summed E-state index contributed by atoms with van der Waals surface area (Å²) in [5.74, 6) is 2.25. The fraction of sp³-hybridized carbons (Fsp3) is 0.167. The molecule has 4 heterocycles. The van der Waals surface area contributed by atoms with Crippen LogP contribution in [0.1, 0.15) is 16.7 Å². The Morgan fingerprint density at radius 2 is 2.09 bits per heavy atom. The molecular formula is C18H15InN2S. The van der Waals surface area contributed by atoms with E-state index in [4.69, 9.17) is 0 Å². The maximum atomic E-state index is 4.14. The standard InChI is InChI=1S/C18H15N2S.In/c1-2-6-17(12-18-13-21-14-20-18)16(5-1)7-3-4-15-8-10-19-11-9-15;/h1-2,6-11,20H,4,13-14H2;. The molecule has 0 aliphatic carbocycles. The van der Waals surface area contributed by atoms with Crippen molar-refractivity contribution >= 4 is 45.9 Å². The Balaban J connectivity index is 1.60. The number of benzene rings is 1. The Morgan fingerprint density at radius 1 is 1.18 bits per heavy atom. The van der Waals surface area contributed by atoms with Crippen LogP contribution in [0, 0.1) is 0 Å². The first-order valence-electron chi connectivity index (χ1n) is 7.69. The molecule has 2 nitrogen and oxygen atoms in total. The molecule has 2 aromatic rings. The number of hydrogen-bond donors (Lipinski definition) is 1. The van der Waals surface area contributed by atoms with E-state index >= 15 is 0 Å². The molecule has 106 valence electrons. The van der Waals surface area contributed by atoms with Crippen molar-refractivity contribution < 1.29 is 0 Å². The zero-order chi connectivity index (χ0) is 14.5. The van der Waals surface area contributed by atoms with Crippen LogP contribution in [0.4, 0.5) is 0 Å². The van der Waals surface area contributed by atoms with Crippen molar-refractivity contribution in [1.82, 2.24) is 10.3 Å². The molecule has 0 atom stereocenters. The monoisotopic (exact) mass is 406 g/mol. The second kappa shape index (κ2) is 5.20. The summed E-state index contributed by atoms with van der Waals surface area (Å²) >= 11 is -0.0172. The Labute approximate surface area is 142 Å². The molecule has 4 bridgehead atoms. The van der Waals surface area contributed by atoms with Gasteiger partial charge >= 0.3 is 143 Å². The third-order valence-electron chi connectivity index (χ3n) is 4.85. The van der Waals surface area contributed by atoms with Crippen molar-refractivity contribution in [3.63, 3.8) is 0 Å². The second-order valence-corrected chi connectivity index (χ2v) is 15.1. The molecule has 0 unspecified atom stereocenters. The van der Waals surface area contributed by atoms with E-state index in [9.17, 15) is 0 Å². The summed E-state index contributed by atoms with van der Waals surface area (Å²) < 4.78 is 5.20. The third-order valence-corrected chi connectivity index (χ3v) is 15.6. The summed E-state index contributed by atoms with van der Waals surface area (Å²) in [6.07, 6.45) is 7.45. The van der Waals surface area contributed by atoms with E-state index in [0.29, 0.717) is 0 Å². The first-order chi connectivity index (χ1) is 10.9. The van der Waals surface area contributed by atoms with Crippen LogP contribution in [0.25, 0.3) is 9.41 Å². The van der Waals surface area contributed by atoms with Gasteiger partial charge in [-0.15, -0.1) is 0 Å². The molecule has 1 saturated heterocycles. The molecule has 0 saturated carbocycles. The molecule has 1 N–H and O–H groups in total. The number of aromatic nitrogens is 1. The van der Waals surface area contributed by atoms with Gasteiger partial charge in [0.2, 0.25) is 0 Å². The van der Waals surface area contributed by atoms with Crippen LogP contribution in [0.15, 0.2) is 51.8 Å². The second-order valence-electron chi connectivity index (χ2n) is 6.05. The quantitative estimate of drug-likeness (QED) is 0.830. The van der Waals surface area contributed by atoms with Gasteiger partial charge in [-0.05, 0) is 0 Å². The van der Waals surface area contributed by atoms with Crippen LogP contribution in [0.2, 0.25) is 0 Å². The van der Waals surface area contributed by atoms with Crippen LogP contribution in [-0.2, 0) is 6.42 Å². The number of nitrogens with one attached hydrogen (secondary N) is 1. The first-order valence-corrected chi connectivity index (χ1v) is 13.8. The number of pyridine rings is 1. The first kappa shape index (κ1) is 13.3. The van der Waals surface area contributed by atoms with Crippen LogP contribution in [0.5, 0.6) is 0 Å². The molecule has 4 heteroatoms. The molecular weight excluding hydrogens is 391 g/mol. The number of rotatable bonds is 2. The molecule has 22 heavy (non-hydrogen) atoms. The molecule has 1 aromatic heterocycles. The van der Waals surface area contributed by atoms with Gasteiger partial charge in [0.1, 0.15) is 0 Å². The minimum absolute atomic E-state index is 1.08. The van der Waals surface area contributed by atoms with Gasteiger partial charge in [-0.25, -0.2) is 0 Å².